The van der Waals surface area contributed by atoms with Gasteiger partial charge in [0.1, 0.15) is 5.75 Å². The van der Waals surface area contributed by atoms with Crippen LogP contribution in [0.25, 0.3) is 0 Å². The van der Waals surface area contributed by atoms with Gasteiger partial charge in [-0.1, -0.05) is 17.7 Å². The van der Waals surface area contributed by atoms with Crippen molar-refractivity contribution in [3.8, 4) is 5.75 Å². The van der Waals surface area contributed by atoms with E-state index in [1.54, 1.807) is 14.2 Å². The molecule has 1 rings (SSSR count). The fourth-order valence-corrected chi connectivity index (χ4v) is 2.02. The summed E-state index contributed by atoms with van der Waals surface area (Å²) in [6, 6.07) is 6.00. The maximum Gasteiger partial charge on any atom is 0.125 e. The quantitative estimate of drug-likeness (QED) is 0.762. The van der Waals surface area contributed by atoms with E-state index in [2.05, 4.69) is 5.32 Å². The third kappa shape index (κ3) is 4.19. The zero-order valence-corrected chi connectivity index (χ0v) is 11.4. The number of ether oxygens (including phenoxy) is 2. The van der Waals surface area contributed by atoms with Crippen LogP contribution in [0.1, 0.15) is 24.4 Å². The molecule has 1 atom stereocenters. The van der Waals surface area contributed by atoms with Crippen molar-refractivity contribution in [3.63, 3.8) is 0 Å². The van der Waals surface area contributed by atoms with Gasteiger partial charge in [-0.3, -0.25) is 0 Å². The average molecular weight is 258 g/mol. The molecule has 0 amide bonds. The van der Waals surface area contributed by atoms with E-state index in [0.29, 0.717) is 5.02 Å². The highest BCUT2D eigenvalue weighted by atomic mass is 35.5. The maximum absolute atomic E-state index is 5.95. The standard InChI is InChI=1S/C13H20ClNO2/c1-15-12(5-4-8-16-2)11-7-6-10(14)9-13(11)17-3/h6-7,9,12,15H,4-5,8H2,1-3H3. The Hall–Kier alpha value is -0.770. The first-order valence-corrected chi connectivity index (χ1v) is 6.10. The second-order valence-electron chi connectivity index (χ2n) is 3.86. The third-order valence-corrected chi connectivity index (χ3v) is 3.00. The molecule has 0 saturated heterocycles. The Labute approximate surface area is 108 Å². The van der Waals surface area contributed by atoms with Gasteiger partial charge in [-0.15, -0.1) is 0 Å². The van der Waals surface area contributed by atoms with Gasteiger partial charge in [0, 0.05) is 30.3 Å². The van der Waals surface area contributed by atoms with Crippen LogP contribution in [0, 0.1) is 0 Å². The molecule has 0 aliphatic rings. The van der Waals surface area contributed by atoms with E-state index in [1.165, 1.54) is 0 Å². The average Bonchev–Trinajstić information content (AvgIpc) is 2.35. The van der Waals surface area contributed by atoms with Gasteiger partial charge >= 0.3 is 0 Å². The molecule has 0 aliphatic carbocycles. The molecule has 0 fully saturated rings. The number of methoxy groups -OCH3 is 2. The molecule has 1 N–H and O–H groups in total. The van der Waals surface area contributed by atoms with Gasteiger partial charge in [0.2, 0.25) is 0 Å². The van der Waals surface area contributed by atoms with Crippen molar-refractivity contribution >= 4 is 11.6 Å². The van der Waals surface area contributed by atoms with Crippen molar-refractivity contribution in [1.29, 1.82) is 0 Å². The summed E-state index contributed by atoms with van der Waals surface area (Å²) in [5.41, 5.74) is 1.13. The lowest BCUT2D eigenvalue weighted by Gasteiger charge is -2.19. The minimum atomic E-state index is 0.261. The molecule has 0 bridgehead atoms. The molecule has 1 unspecified atom stereocenters. The van der Waals surface area contributed by atoms with Crippen LogP contribution in [0.15, 0.2) is 18.2 Å². The molecular formula is C13H20ClNO2. The van der Waals surface area contributed by atoms with Gasteiger partial charge in [0.25, 0.3) is 0 Å². The van der Waals surface area contributed by atoms with Crippen LogP contribution in [0.2, 0.25) is 5.02 Å². The normalized spacial score (nSPS) is 12.5. The molecule has 0 aromatic heterocycles. The molecule has 96 valence electrons. The monoisotopic (exact) mass is 257 g/mol. The fourth-order valence-electron chi connectivity index (χ4n) is 1.86. The van der Waals surface area contributed by atoms with Crippen molar-refractivity contribution in [2.45, 2.75) is 18.9 Å². The predicted molar refractivity (Wildman–Crippen MR) is 70.9 cm³/mol. The van der Waals surface area contributed by atoms with E-state index >= 15 is 0 Å². The SMILES string of the molecule is CNC(CCCOC)c1ccc(Cl)cc1OC. The third-order valence-electron chi connectivity index (χ3n) is 2.76. The van der Waals surface area contributed by atoms with Gasteiger partial charge in [0.15, 0.2) is 0 Å². The highest BCUT2D eigenvalue weighted by molar-refractivity contribution is 6.30. The van der Waals surface area contributed by atoms with Gasteiger partial charge in [0.05, 0.1) is 7.11 Å². The summed E-state index contributed by atoms with van der Waals surface area (Å²) >= 11 is 5.95. The molecule has 1 aromatic carbocycles. The lowest BCUT2D eigenvalue weighted by molar-refractivity contribution is 0.189. The van der Waals surface area contributed by atoms with Gasteiger partial charge in [-0.25, -0.2) is 0 Å². The van der Waals surface area contributed by atoms with Crippen molar-refractivity contribution in [2.24, 2.45) is 0 Å². The topological polar surface area (TPSA) is 30.5 Å². The van der Waals surface area contributed by atoms with E-state index in [-0.39, 0.29) is 6.04 Å². The number of hydrogen-bond acceptors (Lipinski definition) is 3. The summed E-state index contributed by atoms with van der Waals surface area (Å²) < 4.78 is 10.4. The highest BCUT2D eigenvalue weighted by Crippen LogP contribution is 2.30. The van der Waals surface area contributed by atoms with Crippen molar-refractivity contribution in [2.75, 3.05) is 27.9 Å². The molecule has 0 radical (unpaired) electrons. The van der Waals surface area contributed by atoms with E-state index in [1.807, 2.05) is 25.2 Å². The lowest BCUT2D eigenvalue weighted by atomic mass is 10.0. The van der Waals surface area contributed by atoms with E-state index < -0.39 is 0 Å². The van der Waals surface area contributed by atoms with Crippen LogP contribution in [-0.2, 0) is 4.74 Å². The minimum absolute atomic E-state index is 0.261. The number of rotatable bonds is 7. The number of nitrogens with one attached hydrogen (secondary N) is 1. The molecule has 0 heterocycles. The fraction of sp³-hybridized carbons (Fsp3) is 0.538. The summed E-state index contributed by atoms with van der Waals surface area (Å²) in [6.07, 6.45) is 2.01. The van der Waals surface area contributed by atoms with Crippen LogP contribution >= 0.6 is 11.6 Å². The van der Waals surface area contributed by atoms with E-state index in [4.69, 9.17) is 21.1 Å². The molecule has 4 heteroatoms. The summed E-state index contributed by atoms with van der Waals surface area (Å²) in [5, 5.41) is 3.98. The first-order chi connectivity index (χ1) is 8.22. The van der Waals surface area contributed by atoms with Gasteiger partial charge in [-0.05, 0) is 32.0 Å². The van der Waals surface area contributed by atoms with Crippen LogP contribution in [-0.4, -0.2) is 27.9 Å². The second kappa shape index (κ2) is 7.54. The summed E-state index contributed by atoms with van der Waals surface area (Å²) in [4.78, 5) is 0. The Morgan fingerprint density at radius 2 is 2.12 bits per heavy atom. The summed E-state index contributed by atoms with van der Waals surface area (Å²) in [6.45, 7) is 0.772. The Kier molecular flexibility index (Phi) is 6.34. The lowest BCUT2D eigenvalue weighted by Crippen LogP contribution is -2.17. The predicted octanol–water partition coefficient (Wildman–Crippen LogP) is 3.04. The van der Waals surface area contributed by atoms with Gasteiger partial charge < -0.3 is 14.8 Å². The largest absolute Gasteiger partial charge is 0.496 e. The Morgan fingerprint density at radius 1 is 1.35 bits per heavy atom. The van der Waals surface area contributed by atoms with Crippen LogP contribution in [0.5, 0.6) is 5.75 Å². The van der Waals surface area contributed by atoms with E-state index in [9.17, 15) is 0 Å². The zero-order chi connectivity index (χ0) is 12.7. The van der Waals surface area contributed by atoms with Gasteiger partial charge in [-0.2, -0.15) is 0 Å². The minimum Gasteiger partial charge on any atom is -0.496 e. The molecule has 3 nitrogen and oxygen atoms in total. The summed E-state index contributed by atoms with van der Waals surface area (Å²) in [7, 11) is 5.33. The Bertz CT molecular complexity index is 344. The Balaban J connectivity index is 2.79. The van der Waals surface area contributed by atoms with Crippen molar-refractivity contribution in [1.82, 2.24) is 5.32 Å². The number of hydrogen-bond donors (Lipinski definition) is 1. The van der Waals surface area contributed by atoms with Crippen molar-refractivity contribution < 1.29 is 9.47 Å². The first kappa shape index (κ1) is 14.3. The number of benzene rings is 1. The van der Waals surface area contributed by atoms with Crippen LogP contribution < -0.4 is 10.1 Å². The summed E-state index contributed by atoms with van der Waals surface area (Å²) in [5.74, 6) is 0.828. The molecule has 0 spiro atoms. The first-order valence-electron chi connectivity index (χ1n) is 5.72. The van der Waals surface area contributed by atoms with Crippen LogP contribution in [0.3, 0.4) is 0 Å². The van der Waals surface area contributed by atoms with Crippen LogP contribution in [0.4, 0.5) is 0 Å². The maximum atomic E-state index is 5.95. The van der Waals surface area contributed by atoms with E-state index in [0.717, 1.165) is 30.8 Å². The molecule has 0 saturated carbocycles. The Morgan fingerprint density at radius 3 is 2.71 bits per heavy atom. The number of halogens is 1. The molecule has 17 heavy (non-hydrogen) atoms. The molecule has 0 aliphatic heterocycles. The second-order valence-corrected chi connectivity index (χ2v) is 4.30. The molecule has 1 aromatic rings. The smallest absolute Gasteiger partial charge is 0.125 e. The highest BCUT2D eigenvalue weighted by Gasteiger charge is 2.14. The molecular weight excluding hydrogens is 238 g/mol. The zero-order valence-electron chi connectivity index (χ0n) is 10.6. The van der Waals surface area contributed by atoms with Crippen molar-refractivity contribution in [3.05, 3.63) is 28.8 Å².